The van der Waals surface area contributed by atoms with Gasteiger partial charge in [-0.05, 0) is 40.8 Å². The Morgan fingerprint density at radius 2 is 1.74 bits per heavy atom. The molecule has 0 spiro atoms. The van der Waals surface area contributed by atoms with Crippen LogP contribution in [0.2, 0.25) is 0 Å². The summed E-state index contributed by atoms with van der Waals surface area (Å²) in [6.45, 7) is 7.37. The molecular formula is C22H29NO4. The minimum Gasteiger partial charge on any atom is -0.493 e. The average Bonchev–Trinajstić information content (AvgIpc) is 2.64. The van der Waals surface area contributed by atoms with Crippen molar-refractivity contribution in [3.05, 3.63) is 53.6 Å². The van der Waals surface area contributed by atoms with Crippen LogP contribution in [0.15, 0.2) is 42.5 Å². The Kier molecular flexibility index (Phi) is 7.11. The summed E-state index contributed by atoms with van der Waals surface area (Å²) in [6, 6.07) is 13.5. The molecule has 0 radical (unpaired) electrons. The van der Waals surface area contributed by atoms with Crippen LogP contribution in [-0.2, 0) is 16.6 Å². The summed E-state index contributed by atoms with van der Waals surface area (Å²) in [5, 5.41) is 2.88. The van der Waals surface area contributed by atoms with Gasteiger partial charge in [0.2, 0.25) is 5.91 Å². The monoisotopic (exact) mass is 371 g/mol. The second-order valence-corrected chi connectivity index (χ2v) is 7.34. The van der Waals surface area contributed by atoms with E-state index in [9.17, 15) is 4.79 Å². The third-order valence-electron chi connectivity index (χ3n) is 4.21. The van der Waals surface area contributed by atoms with Gasteiger partial charge in [0, 0.05) is 0 Å². The number of nitrogens with one attached hydrogen (secondary N) is 1. The van der Waals surface area contributed by atoms with Crippen molar-refractivity contribution in [3.8, 4) is 17.2 Å². The van der Waals surface area contributed by atoms with E-state index in [1.807, 2.05) is 30.3 Å². The highest BCUT2D eigenvalue weighted by Gasteiger charge is 2.14. The third-order valence-corrected chi connectivity index (χ3v) is 4.21. The lowest BCUT2D eigenvalue weighted by atomic mass is 9.87. The standard InChI is InChI=1S/C22H29NO4/c1-22(2,3)17-7-6-8-18(15-17)27-12-11-23-21(24)14-16-9-10-19(25-4)20(13-16)26-5/h6-10,13,15H,11-12,14H2,1-5H3,(H,23,24). The smallest absolute Gasteiger partial charge is 0.224 e. The number of carbonyl (C=O) groups is 1. The first kappa shape index (κ1) is 20.6. The van der Waals surface area contributed by atoms with Gasteiger partial charge in [0.1, 0.15) is 12.4 Å². The lowest BCUT2D eigenvalue weighted by Crippen LogP contribution is -2.29. The molecule has 0 bridgehead atoms. The van der Waals surface area contributed by atoms with E-state index in [1.54, 1.807) is 20.3 Å². The van der Waals surface area contributed by atoms with E-state index in [1.165, 1.54) is 5.56 Å². The Balaban J connectivity index is 1.80. The molecule has 0 aliphatic carbocycles. The molecule has 146 valence electrons. The van der Waals surface area contributed by atoms with Crippen molar-refractivity contribution in [1.29, 1.82) is 0 Å². The van der Waals surface area contributed by atoms with Gasteiger partial charge in [-0.15, -0.1) is 0 Å². The van der Waals surface area contributed by atoms with Crippen LogP contribution >= 0.6 is 0 Å². The van der Waals surface area contributed by atoms with Crippen LogP contribution < -0.4 is 19.5 Å². The number of amides is 1. The second-order valence-electron chi connectivity index (χ2n) is 7.34. The van der Waals surface area contributed by atoms with Gasteiger partial charge < -0.3 is 19.5 Å². The summed E-state index contributed by atoms with van der Waals surface area (Å²) in [7, 11) is 3.16. The fraction of sp³-hybridized carbons (Fsp3) is 0.409. The zero-order valence-electron chi connectivity index (χ0n) is 16.8. The molecule has 0 atom stereocenters. The predicted octanol–water partition coefficient (Wildman–Crippen LogP) is 3.74. The zero-order valence-corrected chi connectivity index (χ0v) is 16.8. The zero-order chi connectivity index (χ0) is 19.9. The molecule has 0 heterocycles. The molecule has 1 amide bonds. The Morgan fingerprint density at radius 3 is 2.41 bits per heavy atom. The van der Waals surface area contributed by atoms with Gasteiger partial charge in [0.05, 0.1) is 27.2 Å². The maximum atomic E-state index is 12.1. The molecule has 0 fully saturated rings. The summed E-state index contributed by atoms with van der Waals surface area (Å²) in [5.41, 5.74) is 2.16. The topological polar surface area (TPSA) is 56.8 Å². The van der Waals surface area contributed by atoms with Gasteiger partial charge in [-0.1, -0.05) is 39.0 Å². The SMILES string of the molecule is COc1ccc(CC(=O)NCCOc2cccc(C(C)(C)C)c2)cc1OC. The number of hydrogen-bond donors (Lipinski definition) is 1. The van der Waals surface area contributed by atoms with Crippen LogP contribution in [0.4, 0.5) is 0 Å². The Bertz CT molecular complexity index is 765. The molecule has 2 aromatic carbocycles. The molecule has 5 heteroatoms. The van der Waals surface area contributed by atoms with Crippen LogP contribution in [0, 0.1) is 0 Å². The van der Waals surface area contributed by atoms with E-state index in [-0.39, 0.29) is 17.7 Å². The van der Waals surface area contributed by atoms with Crippen molar-refractivity contribution >= 4 is 5.91 Å². The molecule has 0 aliphatic heterocycles. The molecule has 0 aromatic heterocycles. The molecule has 1 N–H and O–H groups in total. The van der Waals surface area contributed by atoms with Gasteiger partial charge >= 0.3 is 0 Å². The largest absolute Gasteiger partial charge is 0.493 e. The van der Waals surface area contributed by atoms with Crippen LogP contribution in [0.1, 0.15) is 31.9 Å². The molecule has 2 aromatic rings. The molecule has 0 saturated carbocycles. The normalized spacial score (nSPS) is 11.0. The van der Waals surface area contributed by atoms with E-state index in [2.05, 4.69) is 32.2 Å². The first-order valence-corrected chi connectivity index (χ1v) is 9.04. The predicted molar refractivity (Wildman–Crippen MR) is 107 cm³/mol. The average molecular weight is 371 g/mol. The summed E-state index contributed by atoms with van der Waals surface area (Å²) in [6.07, 6.45) is 0.278. The van der Waals surface area contributed by atoms with Crippen molar-refractivity contribution in [3.63, 3.8) is 0 Å². The first-order valence-electron chi connectivity index (χ1n) is 9.04. The molecule has 27 heavy (non-hydrogen) atoms. The molecule has 2 rings (SSSR count). The highest BCUT2D eigenvalue weighted by molar-refractivity contribution is 5.78. The Morgan fingerprint density at radius 1 is 1.00 bits per heavy atom. The van der Waals surface area contributed by atoms with E-state index in [0.29, 0.717) is 24.7 Å². The quantitative estimate of drug-likeness (QED) is 0.718. The minimum atomic E-state index is -0.0609. The van der Waals surface area contributed by atoms with Gasteiger partial charge in [-0.2, -0.15) is 0 Å². The summed E-state index contributed by atoms with van der Waals surface area (Å²) in [5.74, 6) is 2.02. The molecular weight excluding hydrogens is 342 g/mol. The van der Waals surface area contributed by atoms with Crippen molar-refractivity contribution in [2.45, 2.75) is 32.6 Å². The van der Waals surface area contributed by atoms with Crippen LogP contribution in [-0.4, -0.2) is 33.3 Å². The number of carbonyl (C=O) groups excluding carboxylic acids is 1. The van der Waals surface area contributed by atoms with Crippen LogP contribution in [0.25, 0.3) is 0 Å². The van der Waals surface area contributed by atoms with Crippen molar-refractivity contribution < 1.29 is 19.0 Å². The molecule has 0 saturated heterocycles. The minimum absolute atomic E-state index is 0.0609. The Hall–Kier alpha value is -2.69. The summed E-state index contributed by atoms with van der Waals surface area (Å²) in [4.78, 5) is 12.1. The van der Waals surface area contributed by atoms with Gasteiger partial charge in [-0.25, -0.2) is 0 Å². The molecule has 5 nitrogen and oxygen atoms in total. The summed E-state index contributed by atoms with van der Waals surface area (Å²) >= 11 is 0. The van der Waals surface area contributed by atoms with E-state index < -0.39 is 0 Å². The second kappa shape index (κ2) is 9.31. The van der Waals surface area contributed by atoms with E-state index in [0.717, 1.165) is 11.3 Å². The fourth-order valence-electron chi connectivity index (χ4n) is 2.65. The maximum Gasteiger partial charge on any atom is 0.224 e. The van der Waals surface area contributed by atoms with Gasteiger partial charge in [0.15, 0.2) is 11.5 Å². The maximum absolute atomic E-state index is 12.1. The fourth-order valence-corrected chi connectivity index (χ4v) is 2.65. The van der Waals surface area contributed by atoms with Crippen LogP contribution in [0.3, 0.4) is 0 Å². The number of hydrogen-bond acceptors (Lipinski definition) is 4. The number of benzene rings is 2. The number of ether oxygens (including phenoxy) is 3. The first-order chi connectivity index (χ1) is 12.8. The van der Waals surface area contributed by atoms with E-state index >= 15 is 0 Å². The van der Waals surface area contributed by atoms with E-state index in [4.69, 9.17) is 14.2 Å². The van der Waals surface area contributed by atoms with Crippen LogP contribution in [0.5, 0.6) is 17.2 Å². The number of rotatable bonds is 8. The highest BCUT2D eigenvalue weighted by atomic mass is 16.5. The van der Waals surface area contributed by atoms with Crippen molar-refractivity contribution in [2.75, 3.05) is 27.4 Å². The molecule has 0 aliphatic rings. The Labute approximate surface area is 161 Å². The third kappa shape index (κ3) is 6.20. The lowest BCUT2D eigenvalue weighted by molar-refractivity contribution is -0.120. The van der Waals surface area contributed by atoms with Crippen molar-refractivity contribution in [2.24, 2.45) is 0 Å². The number of methoxy groups -OCH3 is 2. The van der Waals surface area contributed by atoms with Gasteiger partial charge in [-0.3, -0.25) is 4.79 Å². The molecule has 0 unspecified atom stereocenters. The lowest BCUT2D eigenvalue weighted by Gasteiger charge is -2.19. The van der Waals surface area contributed by atoms with Crippen molar-refractivity contribution in [1.82, 2.24) is 5.32 Å². The summed E-state index contributed by atoms with van der Waals surface area (Å²) < 4.78 is 16.2. The van der Waals surface area contributed by atoms with Gasteiger partial charge in [0.25, 0.3) is 0 Å². The highest BCUT2D eigenvalue weighted by Crippen LogP contribution is 2.28.